The third-order valence-electron chi connectivity index (χ3n) is 4.59. The lowest BCUT2D eigenvalue weighted by Gasteiger charge is -2.43. The van der Waals surface area contributed by atoms with Crippen LogP contribution in [0.4, 0.5) is 5.69 Å². The molecule has 1 aromatic carbocycles. The summed E-state index contributed by atoms with van der Waals surface area (Å²) in [6.07, 6.45) is 3.65. The molecule has 1 saturated carbocycles. The number of rotatable bonds is 4. The summed E-state index contributed by atoms with van der Waals surface area (Å²) in [5.74, 6) is 0.578. The molecule has 0 amide bonds. The smallest absolute Gasteiger partial charge is 0.274 e. The summed E-state index contributed by atoms with van der Waals surface area (Å²) in [6.45, 7) is 3.91. The maximum absolute atomic E-state index is 11.3. The molecule has 0 unspecified atom stereocenters. The first-order valence-electron chi connectivity index (χ1n) is 7.45. The minimum atomic E-state index is -0.233. The molecule has 1 heterocycles. The van der Waals surface area contributed by atoms with Crippen molar-refractivity contribution in [3.8, 4) is 0 Å². The Labute approximate surface area is 143 Å². The molecule has 1 N–H and O–H groups in total. The van der Waals surface area contributed by atoms with Crippen LogP contribution in [0.25, 0.3) is 0 Å². The van der Waals surface area contributed by atoms with Crippen LogP contribution < -0.4 is 5.32 Å². The zero-order valence-corrected chi connectivity index (χ0v) is 14.1. The van der Waals surface area contributed by atoms with Crippen LogP contribution in [0.5, 0.6) is 0 Å². The molecule has 0 aromatic heterocycles. The van der Waals surface area contributed by atoms with Gasteiger partial charge in [0.1, 0.15) is 0 Å². The van der Waals surface area contributed by atoms with E-state index >= 15 is 0 Å². The lowest BCUT2D eigenvalue weighted by atomic mass is 9.76. The number of halogens is 2. The van der Waals surface area contributed by atoms with Crippen molar-refractivity contribution in [1.29, 1.82) is 0 Å². The maximum atomic E-state index is 11.3. The lowest BCUT2D eigenvalue weighted by Crippen LogP contribution is -2.48. The summed E-state index contributed by atoms with van der Waals surface area (Å²) >= 11 is 0. The van der Waals surface area contributed by atoms with Crippen molar-refractivity contribution >= 4 is 30.5 Å². The van der Waals surface area contributed by atoms with Gasteiger partial charge in [-0.15, -0.1) is 24.8 Å². The Balaban J connectivity index is 0.00000121. The molecule has 2 aliphatic rings. The largest absolute Gasteiger partial charge is 0.314 e. The van der Waals surface area contributed by atoms with Gasteiger partial charge in [0, 0.05) is 43.9 Å². The summed E-state index contributed by atoms with van der Waals surface area (Å²) in [6, 6.07) is 7.49. The lowest BCUT2D eigenvalue weighted by molar-refractivity contribution is -0.386. The van der Waals surface area contributed by atoms with Crippen molar-refractivity contribution < 1.29 is 4.92 Å². The predicted molar refractivity (Wildman–Crippen MR) is 92.1 cm³/mol. The second-order valence-electron chi connectivity index (χ2n) is 5.74. The second-order valence-corrected chi connectivity index (χ2v) is 5.74. The molecule has 0 spiro atoms. The predicted octanol–water partition coefficient (Wildman–Crippen LogP) is 3.18. The molecule has 22 heavy (non-hydrogen) atoms. The van der Waals surface area contributed by atoms with Gasteiger partial charge in [-0.2, -0.15) is 0 Å². The third kappa shape index (κ3) is 3.90. The number of nitrogens with one attached hydrogen (secondary N) is 1. The van der Waals surface area contributed by atoms with Crippen molar-refractivity contribution in [2.45, 2.75) is 25.3 Å². The van der Waals surface area contributed by atoms with Gasteiger partial charge in [-0.1, -0.05) is 24.6 Å². The Morgan fingerprint density at radius 3 is 2.36 bits per heavy atom. The molecule has 0 radical (unpaired) electrons. The first kappa shape index (κ1) is 19.2. The van der Waals surface area contributed by atoms with Crippen LogP contribution in [-0.2, 0) is 0 Å². The number of nitro groups is 1. The molecule has 7 heteroatoms. The number of nitro benzene ring substituents is 1. The fourth-order valence-electron chi connectivity index (χ4n) is 3.37. The van der Waals surface area contributed by atoms with E-state index < -0.39 is 0 Å². The highest BCUT2D eigenvalue weighted by molar-refractivity contribution is 5.85. The minimum absolute atomic E-state index is 0. The van der Waals surface area contributed by atoms with E-state index in [9.17, 15) is 10.1 Å². The van der Waals surface area contributed by atoms with Crippen LogP contribution in [0.15, 0.2) is 24.3 Å². The van der Waals surface area contributed by atoms with Gasteiger partial charge in [-0.05, 0) is 18.8 Å². The Morgan fingerprint density at radius 1 is 1.18 bits per heavy atom. The Morgan fingerprint density at radius 2 is 1.82 bits per heavy atom. The summed E-state index contributed by atoms with van der Waals surface area (Å²) in [7, 11) is 0. The van der Waals surface area contributed by atoms with Gasteiger partial charge >= 0.3 is 0 Å². The van der Waals surface area contributed by atoms with Gasteiger partial charge in [0.15, 0.2) is 0 Å². The summed E-state index contributed by atoms with van der Waals surface area (Å²) in [4.78, 5) is 13.5. The van der Waals surface area contributed by atoms with Gasteiger partial charge in [0.05, 0.1) is 4.92 Å². The Bertz CT molecular complexity index is 491. The molecule has 1 saturated heterocycles. The molecule has 3 rings (SSSR count). The van der Waals surface area contributed by atoms with Gasteiger partial charge < -0.3 is 5.32 Å². The number of hydrogen-bond acceptors (Lipinski definition) is 4. The summed E-state index contributed by atoms with van der Waals surface area (Å²) in [5, 5.41) is 14.7. The fourth-order valence-corrected chi connectivity index (χ4v) is 3.37. The zero-order valence-electron chi connectivity index (χ0n) is 12.4. The van der Waals surface area contributed by atoms with E-state index in [1.807, 2.05) is 12.1 Å². The van der Waals surface area contributed by atoms with Crippen LogP contribution in [0.1, 0.15) is 30.9 Å². The molecule has 1 atom stereocenters. The third-order valence-corrected chi connectivity index (χ3v) is 4.59. The van der Waals surface area contributed by atoms with E-state index in [-0.39, 0.29) is 41.5 Å². The van der Waals surface area contributed by atoms with Crippen molar-refractivity contribution in [1.82, 2.24) is 10.2 Å². The van der Waals surface area contributed by atoms with Crippen LogP contribution in [0, 0.1) is 16.0 Å². The number of hydrogen-bond donors (Lipinski definition) is 1. The maximum Gasteiger partial charge on any atom is 0.274 e. The average Bonchev–Trinajstić information content (AvgIpc) is 2.43. The van der Waals surface area contributed by atoms with Crippen molar-refractivity contribution in [3.05, 3.63) is 39.9 Å². The molecule has 2 fully saturated rings. The highest BCUT2D eigenvalue weighted by atomic mass is 35.5. The van der Waals surface area contributed by atoms with Crippen LogP contribution in [0.3, 0.4) is 0 Å². The molecule has 5 nitrogen and oxygen atoms in total. The second kappa shape index (κ2) is 8.67. The molecule has 0 bridgehead atoms. The van der Waals surface area contributed by atoms with Crippen molar-refractivity contribution in [3.63, 3.8) is 0 Å². The zero-order chi connectivity index (χ0) is 13.9. The van der Waals surface area contributed by atoms with E-state index in [4.69, 9.17) is 0 Å². The first-order chi connectivity index (χ1) is 9.77. The van der Waals surface area contributed by atoms with Gasteiger partial charge in [0.25, 0.3) is 5.69 Å². The number of para-hydroxylation sites is 1. The monoisotopic (exact) mass is 347 g/mol. The first-order valence-corrected chi connectivity index (χ1v) is 7.45. The van der Waals surface area contributed by atoms with E-state index in [2.05, 4.69) is 10.2 Å². The molecule has 1 aliphatic heterocycles. The normalized spacial score (nSPS) is 20.2. The van der Waals surface area contributed by atoms with E-state index in [0.29, 0.717) is 5.92 Å². The van der Waals surface area contributed by atoms with Gasteiger partial charge in [0.2, 0.25) is 0 Å². The molecular formula is C15H23Cl2N3O2. The molecule has 1 aromatic rings. The van der Waals surface area contributed by atoms with Crippen molar-refractivity contribution in [2.75, 3.05) is 26.2 Å². The number of nitrogens with zero attached hydrogens (tertiary/aromatic N) is 2. The van der Waals surface area contributed by atoms with Crippen LogP contribution in [-0.4, -0.2) is 36.0 Å². The van der Waals surface area contributed by atoms with Gasteiger partial charge in [-0.3, -0.25) is 15.0 Å². The van der Waals surface area contributed by atoms with E-state index in [0.717, 1.165) is 31.7 Å². The molecule has 1 aliphatic carbocycles. The number of piperazine rings is 1. The highest BCUT2D eigenvalue weighted by Gasteiger charge is 2.36. The number of benzene rings is 1. The molecular weight excluding hydrogens is 325 g/mol. The fraction of sp³-hybridized carbons (Fsp3) is 0.600. The summed E-state index contributed by atoms with van der Waals surface area (Å²) in [5.41, 5.74) is 1.19. The SMILES string of the molecule is Cl.Cl.O=[N+]([O-])c1ccccc1[C@H](C1CCC1)N1CCNCC1. The topological polar surface area (TPSA) is 58.4 Å². The van der Waals surface area contributed by atoms with Crippen LogP contribution >= 0.6 is 24.8 Å². The van der Waals surface area contributed by atoms with E-state index in [1.54, 1.807) is 12.1 Å². The van der Waals surface area contributed by atoms with E-state index in [1.165, 1.54) is 19.3 Å². The van der Waals surface area contributed by atoms with Crippen molar-refractivity contribution in [2.24, 2.45) is 5.92 Å². The highest BCUT2D eigenvalue weighted by Crippen LogP contribution is 2.43. The minimum Gasteiger partial charge on any atom is -0.314 e. The summed E-state index contributed by atoms with van der Waals surface area (Å²) < 4.78 is 0. The quantitative estimate of drug-likeness (QED) is 0.671. The standard InChI is InChI=1S/C15H21N3O2.2ClH/c19-18(20)14-7-2-1-6-13(14)15(12-4-3-5-12)17-10-8-16-9-11-17;;/h1-2,6-7,12,15-16H,3-5,8-11H2;2*1H/t15-;;/m0../s1. The average molecular weight is 348 g/mol. The molecule has 124 valence electrons. The Kier molecular flexibility index (Phi) is 7.56. The van der Waals surface area contributed by atoms with Gasteiger partial charge in [-0.25, -0.2) is 0 Å². The Hall–Kier alpha value is -0.880. The van der Waals surface area contributed by atoms with Crippen LogP contribution in [0.2, 0.25) is 0 Å².